The second-order valence-electron chi connectivity index (χ2n) is 4.98. The number of morpholine rings is 1. The number of hydrogen-bond acceptors (Lipinski definition) is 5. The summed E-state index contributed by atoms with van der Waals surface area (Å²) in [4.78, 5) is 0. The van der Waals surface area contributed by atoms with Crippen molar-refractivity contribution in [2.75, 3.05) is 33.4 Å². The summed E-state index contributed by atoms with van der Waals surface area (Å²) in [5, 5.41) is 3.54. The van der Waals surface area contributed by atoms with Gasteiger partial charge in [-0.3, -0.25) is 4.68 Å². The van der Waals surface area contributed by atoms with Crippen molar-refractivity contribution in [1.82, 2.24) is 14.1 Å². The minimum Gasteiger partial charge on any atom is -0.383 e. The zero-order chi connectivity index (χ0) is 14.8. The first-order valence-electron chi connectivity index (χ1n) is 6.53. The molecular weight excluding hydrogens is 282 g/mol. The third kappa shape index (κ3) is 3.20. The van der Waals surface area contributed by atoms with Gasteiger partial charge in [0.05, 0.1) is 30.8 Å². The Hall–Kier alpha value is -0.960. The van der Waals surface area contributed by atoms with E-state index in [1.54, 1.807) is 17.8 Å². The number of ether oxygens (including phenoxy) is 2. The van der Waals surface area contributed by atoms with E-state index < -0.39 is 15.3 Å². The third-order valence-corrected chi connectivity index (χ3v) is 5.60. The maximum atomic E-state index is 12.4. The van der Waals surface area contributed by atoms with E-state index in [2.05, 4.69) is 5.10 Å². The van der Waals surface area contributed by atoms with Crippen LogP contribution >= 0.6 is 0 Å². The van der Waals surface area contributed by atoms with Gasteiger partial charge in [0.2, 0.25) is 10.0 Å². The molecule has 0 aliphatic carbocycles. The molecule has 0 saturated carbocycles. The maximum Gasteiger partial charge on any atom is 0.219 e. The van der Waals surface area contributed by atoms with Crippen molar-refractivity contribution in [2.24, 2.45) is 7.05 Å². The van der Waals surface area contributed by atoms with Gasteiger partial charge in [0.1, 0.15) is 0 Å². The summed E-state index contributed by atoms with van der Waals surface area (Å²) in [6.07, 6.45) is 3.29. The summed E-state index contributed by atoms with van der Waals surface area (Å²) >= 11 is 0. The summed E-state index contributed by atoms with van der Waals surface area (Å²) in [6.45, 7) is 2.94. The minimum absolute atomic E-state index is 0.192. The Morgan fingerprint density at radius 2 is 2.35 bits per heavy atom. The molecule has 1 aromatic rings. The van der Waals surface area contributed by atoms with Crippen LogP contribution in [0.3, 0.4) is 0 Å². The molecule has 0 spiro atoms. The van der Waals surface area contributed by atoms with E-state index in [1.165, 1.54) is 11.4 Å². The maximum absolute atomic E-state index is 12.4. The van der Waals surface area contributed by atoms with Crippen molar-refractivity contribution < 1.29 is 17.9 Å². The van der Waals surface area contributed by atoms with Crippen LogP contribution in [-0.2, 0) is 26.5 Å². The highest BCUT2D eigenvalue weighted by Gasteiger charge is 2.34. The summed E-state index contributed by atoms with van der Waals surface area (Å²) in [7, 11) is -0.0325. The lowest BCUT2D eigenvalue weighted by Crippen LogP contribution is -2.46. The predicted molar refractivity (Wildman–Crippen MR) is 73.7 cm³/mol. The molecule has 0 radical (unpaired) electrons. The molecule has 1 aliphatic heterocycles. The van der Waals surface area contributed by atoms with Crippen molar-refractivity contribution >= 4 is 10.0 Å². The van der Waals surface area contributed by atoms with Gasteiger partial charge in [-0.1, -0.05) is 0 Å². The smallest absolute Gasteiger partial charge is 0.219 e. The lowest BCUT2D eigenvalue weighted by Gasteiger charge is -2.33. The van der Waals surface area contributed by atoms with Crippen molar-refractivity contribution in [2.45, 2.75) is 18.3 Å². The van der Waals surface area contributed by atoms with E-state index in [1.807, 2.05) is 13.2 Å². The number of sulfonamides is 1. The highest BCUT2D eigenvalue weighted by molar-refractivity contribution is 7.89. The number of hydrogen-bond donors (Lipinski definition) is 0. The van der Waals surface area contributed by atoms with Gasteiger partial charge < -0.3 is 9.47 Å². The molecule has 0 aromatic carbocycles. The standard InChI is InChI=1S/C12H21N3O4S/c1-10(9-18-3)20(16,17)15-4-5-19-12(8-15)11-6-13-14(2)7-11/h6-7,10,12H,4-5,8-9H2,1-3H3/t10-,12-/m1/s1. The van der Waals surface area contributed by atoms with Crippen LogP contribution in [0.1, 0.15) is 18.6 Å². The molecule has 8 heteroatoms. The van der Waals surface area contributed by atoms with E-state index in [0.29, 0.717) is 19.7 Å². The number of nitrogens with zero attached hydrogens (tertiary/aromatic N) is 3. The zero-order valence-electron chi connectivity index (χ0n) is 12.0. The van der Waals surface area contributed by atoms with Crippen LogP contribution in [0.15, 0.2) is 12.4 Å². The molecule has 7 nitrogen and oxygen atoms in total. The summed E-state index contributed by atoms with van der Waals surface area (Å²) in [6, 6.07) is 0. The van der Waals surface area contributed by atoms with E-state index in [0.717, 1.165) is 5.56 Å². The average Bonchev–Trinajstić information content (AvgIpc) is 2.86. The molecule has 1 aromatic heterocycles. The largest absolute Gasteiger partial charge is 0.383 e. The van der Waals surface area contributed by atoms with Gasteiger partial charge in [-0.25, -0.2) is 8.42 Å². The fourth-order valence-corrected chi connectivity index (χ4v) is 3.73. The van der Waals surface area contributed by atoms with Crippen LogP contribution in [0.4, 0.5) is 0 Å². The molecule has 20 heavy (non-hydrogen) atoms. The van der Waals surface area contributed by atoms with E-state index in [4.69, 9.17) is 9.47 Å². The molecule has 2 rings (SSSR count). The highest BCUT2D eigenvalue weighted by atomic mass is 32.2. The number of aryl methyl sites for hydroxylation is 1. The molecule has 0 amide bonds. The Labute approximate surface area is 119 Å². The van der Waals surface area contributed by atoms with E-state index in [-0.39, 0.29) is 12.7 Å². The van der Waals surface area contributed by atoms with E-state index in [9.17, 15) is 8.42 Å². The molecule has 114 valence electrons. The Bertz CT molecular complexity index is 543. The Morgan fingerprint density at radius 1 is 1.60 bits per heavy atom. The van der Waals surface area contributed by atoms with Gasteiger partial charge in [0.15, 0.2) is 0 Å². The van der Waals surface area contributed by atoms with Crippen molar-refractivity contribution in [3.63, 3.8) is 0 Å². The lowest BCUT2D eigenvalue weighted by atomic mass is 10.2. The second-order valence-corrected chi connectivity index (χ2v) is 7.33. The summed E-state index contributed by atoms with van der Waals surface area (Å²) in [5.41, 5.74) is 0.895. The summed E-state index contributed by atoms with van der Waals surface area (Å²) < 4.78 is 38.6. The van der Waals surface area contributed by atoms with Gasteiger partial charge >= 0.3 is 0 Å². The number of methoxy groups -OCH3 is 1. The lowest BCUT2D eigenvalue weighted by molar-refractivity contribution is -0.00307. The Morgan fingerprint density at radius 3 is 2.95 bits per heavy atom. The van der Waals surface area contributed by atoms with Crippen molar-refractivity contribution in [3.8, 4) is 0 Å². The van der Waals surface area contributed by atoms with Gasteiger partial charge in [-0.05, 0) is 6.92 Å². The van der Waals surface area contributed by atoms with Gasteiger partial charge in [0, 0.05) is 39.0 Å². The SMILES string of the molecule is COC[C@@H](C)S(=O)(=O)N1CCO[C@@H](c2cnn(C)c2)C1. The molecule has 0 N–H and O–H groups in total. The molecule has 1 aliphatic rings. The monoisotopic (exact) mass is 303 g/mol. The van der Waals surface area contributed by atoms with E-state index >= 15 is 0 Å². The van der Waals surface area contributed by atoms with Crippen LogP contribution in [0, 0.1) is 0 Å². The number of aromatic nitrogens is 2. The predicted octanol–water partition coefficient (Wildman–Crippen LogP) is 0.158. The first-order chi connectivity index (χ1) is 9.45. The molecule has 1 saturated heterocycles. The first-order valence-corrected chi connectivity index (χ1v) is 8.03. The quantitative estimate of drug-likeness (QED) is 0.774. The fourth-order valence-electron chi connectivity index (χ4n) is 2.24. The molecule has 2 atom stereocenters. The van der Waals surface area contributed by atoms with Gasteiger partial charge in [-0.15, -0.1) is 0 Å². The average molecular weight is 303 g/mol. The second kappa shape index (κ2) is 6.21. The molecule has 2 heterocycles. The summed E-state index contributed by atoms with van der Waals surface area (Å²) in [5.74, 6) is 0. The van der Waals surface area contributed by atoms with Crippen LogP contribution in [0.2, 0.25) is 0 Å². The van der Waals surface area contributed by atoms with Crippen LogP contribution in [0.5, 0.6) is 0 Å². The van der Waals surface area contributed by atoms with Crippen LogP contribution in [0.25, 0.3) is 0 Å². The van der Waals surface area contributed by atoms with Gasteiger partial charge in [0.25, 0.3) is 0 Å². The van der Waals surface area contributed by atoms with Crippen LogP contribution < -0.4 is 0 Å². The molecular formula is C12H21N3O4S. The highest BCUT2D eigenvalue weighted by Crippen LogP contribution is 2.24. The normalized spacial score (nSPS) is 22.9. The Kier molecular flexibility index (Phi) is 4.79. The minimum atomic E-state index is -3.36. The molecule has 0 unspecified atom stereocenters. The Balaban J connectivity index is 2.10. The molecule has 1 fully saturated rings. The first kappa shape index (κ1) is 15.4. The van der Waals surface area contributed by atoms with Crippen LogP contribution in [-0.4, -0.2) is 61.2 Å². The topological polar surface area (TPSA) is 73.7 Å². The zero-order valence-corrected chi connectivity index (χ0v) is 12.8. The molecule has 0 bridgehead atoms. The van der Waals surface area contributed by atoms with Crippen molar-refractivity contribution in [1.29, 1.82) is 0 Å². The van der Waals surface area contributed by atoms with Gasteiger partial charge in [-0.2, -0.15) is 9.40 Å². The van der Waals surface area contributed by atoms with Crippen molar-refractivity contribution in [3.05, 3.63) is 18.0 Å². The number of rotatable bonds is 5. The third-order valence-electron chi connectivity index (χ3n) is 3.40. The fraction of sp³-hybridized carbons (Fsp3) is 0.750.